The molecular formula is C15H25IN4O2. The van der Waals surface area contributed by atoms with E-state index in [2.05, 4.69) is 36.4 Å². The molecule has 0 radical (unpaired) electrons. The van der Waals surface area contributed by atoms with Gasteiger partial charge in [0.2, 0.25) is 0 Å². The number of non-ortho nitro benzene ring substituents is 1. The molecule has 0 aliphatic heterocycles. The van der Waals surface area contributed by atoms with Gasteiger partial charge in [-0.15, -0.1) is 24.0 Å². The van der Waals surface area contributed by atoms with Gasteiger partial charge in [-0.25, -0.2) is 4.99 Å². The number of benzene rings is 1. The minimum absolute atomic E-state index is 0. The number of guanidine groups is 1. The number of rotatable bonds is 6. The molecule has 2 N–H and O–H groups in total. The summed E-state index contributed by atoms with van der Waals surface area (Å²) < 4.78 is 0. The number of hydrogen-bond acceptors (Lipinski definition) is 3. The predicted octanol–water partition coefficient (Wildman–Crippen LogP) is 3.31. The Morgan fingerprint density at radius 2 is 1.86 bits per heavy atom. The molecule has 0 fully saturated rings. The van der Waals surface area contributed by atoms with Gasteiger partial charge in [0.1, 0.15) is 0 Å². The lowest BCUT2D eigenvalue weighted by atomic mass is 10.1. The molecule has 0 aliphatic carbocycles. The first kappa shape index (κ1) is 20.6. The van der Waals surface area contributed by atoms with Crippen LogP contribution in [-0.2, 0) is 6.54 Å². The lowest BCUT2D eigenvalue weighted by Gasteiger charge is -2.20. The van der Waals surface area contributed by atoms with Crippen LogP contribution < -0.4 is 10.6 Å². The van der Waals surface area contributed by atoms with E-state index in [0.717, 1.165) is 18.1 Å². The molecule has 6 nitrogen and oxygen atoms in total. The van der Waals surface area contributed by atoms with Gasteiger partial charge in [0.05, 0.1) is 11.5 Å². The standard InChI is InChI=1S/C15H24N4O2.HI/c1-5-16-15(18-12(4)11(2)3)17-10-13-6-8-14(9-7-13)19(20)21;/h6-9,11-12H,5,10H2,1-4H3,(H2,16,17,18);1H. The Hall–Kier alpha value is -1.38. The van der Waals surface area contributed by atoms with E-state index in [9.17, 15) is 10.1 Å². The average molecular weight is 420 g/mol. The summed E-state index contributed by atoms with van der Waals surface area (Å²) in [5.74, 6) is 1.27. The average Bonchev–Trinajstić information content (AvgIpc) is 2.45. The molecule has 7 heteroatoms. The fourth-order valence-corrected chi connectivity index (χ4v) is 1.60. The van der Waals surface area contributed by atoms with Crippen LogP contribution in [0.25, 0.3) is 0 Å². The summed E-state index contributed by atoms with van der Waals surface area (Å²) in [7, 11) is 0. The summed E-state index contributed by atoms with van der Waals surface area (Å²) >= 11 is 0. The summed E-state index contributed by atoms with van der Waals surface area (Å²) in [5, 5.41) is 17.2. The number of nitro benzene ring substituents is 1. The van der Waals surface area contributed by atoms with E-state index in [1.54, 1.807) is 12.1 Å². The molecule has 1 aromatic carbocycles. The molecule has 0 saturated carbocycles. The van der Waals surface area contributed by atoms with Crippen LogP contribution in [0.5, 0.6) is 0 Å². The van der Waals surface area contributed by atoms with Crippen molar-refractivity contribution in [2.24, 2.45) is 10.9 Å². The molecule has 22 heavy (non-hydrogen) atoms. The zero-order chi connectivity index (χ0) is 15.8. The summed E-state index contributed by atoms with van der Waals surface area (Å²) in [6.07, 6.45) is 0. The van der Waals surface area contributed by atoms with Gasteiger partial charge in [-0.2, -0.15) is 0 Å². The monoisotopic (exact) mass is 420 g/mol. The quantitative estimate of drug-likeness (QED) is 0.243. The lowest BCUT2D eigenvalue weighted by molar-refractivity contribution is -0.384. The van der Waals surface area contributed by atoms with Crippen molar-refractivity contribution < 1.29 is 4.92 Å². The van der Waals surface area contributed by atoms with Gasteiger partial charge in [-0.3, -0.25) is 10.1 Å². The van der Waals surface area contributed by atoms with E-state index in [1.165, 1.54) is 12.1 Å². The van der Waals surface area contributed by atoms with Gasteiger partial charge in [0.15, 0.2) is 5.96 Å². The number of nitrogens with one attached hydrogen (secondary N) is 2. The van der Waals surface area contributed by atoms with Gasteiger partial charge >= 0.3 is 0 Å². The zero-order valence-corrected chi connectivity index (χ0v) is 15.8. The molecule has 0 aromatic heterocycles. The van der Waals surface area contributed by atoms with Gasteiger partial charge in [-0.05, 0) is 25.3 Å². The largest absolute Gasteiger partial charge is 0.357 e. The first-order valence-electron chi connectivity index (χ1n) is 7.22. The Kier molecular flexibility index (Phi) is 9.71. The second-order valence-electron chi connectivity index (χ2n) is 5.30. The normalized spacial score (nSPS) is 12.5. The maximum Gasteiger partial charge on any atom is 0.269 e. The third kappa shape index (κ3) is 7.06. The summed E-state index contributed by atoms with van der Waals surface area (Å²) in [4.78, 5) is 14.7. The SMILES string of the molecule is CCNC(=NCc1ccc([N+](=O)[O-])cc1)NC(C)C(C)C.I. The highest BCUT2D eigenvalue weighted by Crippen LogP contribution is 2.12. The molecule has 0 spiro atoms. The van der Waals surface area contributed by atoms with E-state index in [0.29, 0.717) is 18.5 Å². The number of aliphatic imine (C=N–C) groups is 1. The van der Waals surface area contributed by atoms with Gasteiger partial charge in [-0.1, -0.05) is 26.0 Å². The molecule has 1 rings (SSSR count). The van der Waals surface area contributed by atoms with Gasteiger partial charge in [0.25, 0.3) is 5.69 Å². The van der Waals surface area contributed by atoms with Crippen LogP contribution in [0.1, 0.15) is 33.3 Å². The topological polar surface area (TPSA) is 79.6 Å². The van der Waals surface area contributed by atoms with Gasteiger partial charge < -0.3 is 10.6 Å². The van der Waals surface area contributed by atoms with Crippen molar-refractivity contribution in [2.75, 3.05) is 6.54 Å². The molecule has 1 aromatic rings. The minimum Gasteiger partial charge on any atom is -0.357 e. The molecule has 1 atom stereocenters. The van der Waals surface area contributed by atoms with Crippen molar-refractivity contribution in [3.8, 4) is 0 Å². The summed E-state index contributed by atoms with van der Waals surface area (Å²) in [5.41, 5.74) is 1.04. The maximum atomic E-state index is 10.6. The van der Waals surface area contributed by atoms with Crippen molar-refractivity contribution >= 4 is 35.6 Å². The maximum absolute atomic E-state index is 10.6. The number of nitrogens with zero attached hydrogens (tertiary/aromatic N) is 2. The zero-order valence-electron chi connectivity index (χ0n) is 13.5. The number of halogens is 1. The van der Waals surface area contributed by atoms with Crippen molar-refractivity contribution in [3.63, 3.8) is 0 Å². The molecule has 0 bridgehead atoms. The second-order valence-corrected chi connectivity index (χ2v) is 5.30. The Bertz CT molecular complexity index is 489. The van der Waals surface area contributed by atoms with Gasteiger partial charge in [0, 0.05) is 24.7 Å². The third-order valence-electron chi connectivity index (χ3n) is 3.28. The fraction of sp³-hybridized carbons (Fsp3) is 0.533. The molecule has 124 valence electrons. The third-order valence-corrected chi connectivity index (χ3v) is 3.28. The first-order valence-corrected chi connectivity index (χ1v) is 7.22. The predicted molar refractivity (Wildman–Crippen MR) is 101 cm³/mol. The van der Waals surface area contributed by atoms with Crippen LogP contribution in [-0.4, -0.2) is 23.5 Å². The lowest BCUT2D eigenvalue weighted by Crippen LogP contribution is -2.44. The highest BCUT2D eigenvalue weighted by Gasteiger charge is 2.09. The fourth-order valence-electron chi connectivity index (χ4n) is 1.60. The Balaban J connectivity index is 0.00000441. The second kappa shape index (κ2) is 10.4. The van der Waals surface area contributed by atoms with Crippen LogP contribution in [0.4, 0.5) is 5.69 Å². The van der Waals surface area contributed by atoms with Crippen LogP contribution in [0.15, 0.2) is 29.3 Å². The van der Waals surface area contributed by atoms with E-state index < -0.39 is 4.92 Å². The van der Waals surface area contributed by atoms with E-state index in [1.807, 2.05) is 6.92 Å². The number of hydrogen-bond donors (Lipinski definition) is 2. The van der Waals surface area contributed by atoms with Crippen LogP contribution >= 0.6 is 24.0 Å². The molecular weight excluding hydrogens is 395 g/mol. The van der Waals surface area contributed by atoms with Crippen LogP contribution in [0.2, 0.25) is 0 Å². The van der Waals surface area contributed by atoms with Crippen molar-refractivity contribution in [1.82, 2.24) is 10.6 Å². The van der Waals surface area contributed by atoms with E-state index in [4.69, 9.17) is 0 Å². The van der Waals surface area contributed by atoms with E-state index >= 15 is 0 Å². The molecule has 0 saturated heterocycles. The van der Waals surface area contributed by atoms with Crippen molar-refractivity contribution in [2.45, 2.75) is 40.3 Å². The summed E-state index contributed by atoms with van der Waals surface area (Å²) in [6.45, 7) is 9.71. The van der Waals surface area contributed by atoms with Crippen molar-refractivity contribution in [1.29, 1.82) is 0 Å². The summed E-state index contributed by atoms with van der Waals surface area (Å²) in [6, 6.07) is 6.79. The molecule has 0 aliphatic rings. The first-order chi connectivity index (χ1) is 9.93. The highest BCUT2D eigenvalue weighted by atomic mass is 127. The van der Waals surface area contributed by atoms with Crippen molar-refractivity contribution in [3.05, 3.63) is 39.9 Å². The van der Waals surface area contributed by atoms with Crippen LogP contribution in [0, 0.1) is 16.0 Å². The minimum atomic E-state index is -0.400. The molecule has 0 heterocycles. The Morgan fingerprint density at radius 3 is 2.32 bits per heavy atom. The van der Waals surface area contributed by atoms with Crippen LogP contribution in [0.3, 0.4) is 0 Å². The molecule has 0 amide bonds. The van der Waals surface area contributed by atoms with E-state index in [-0.39, 0.29) is 29.7 Å². The Labute approximate surface area is 149 Å². The highest BCUT2D eigenvalue weighted by molar-refractivity contribution is 14.0. The number of nitro groups is 1. The molecule has 1 unspecified atom stereocenters. The Morgan fingerprint density at radius 1 is 1.27 bits per heavy atom. The smallest absolute Gasteiger partial charge is 0.269 e.